The summed E-state index contributed by atoms with van der Waals surface area (Å²) in [7, 11) is 0. The molecule has 1 saturated heterocycles. The van der Waals surface area contributed by atoms with Crippen LogP contribution in [0.15, 0.2) is 36.5 Å². The maximum absolute atomic E-state index is 13.3. The summed E-state index contributed by atoms with van der Waals surface area (Å²) in [5.74, 6) is -0.989. The summed E-state index contributed by atoms with van der Waals surface area (Å²) in [6.07, 6.45) is 1.49. The first kappa shape index (κ1) is 20.9. The average Bonchev–Trinajstić information content (AvgIpc) is 3.12. The lowest BCUT2D eigenvalue weighted by Gasteiger charge is -2.40. The molecule has 3 aromatic rings. The number of nitrogens with zero attached hydrogens (tertiary/aromatic N) is 4. The maximum Gasteiger partial charge on any atom is 0.275 e. The van der Waals surface area contributed by atoms with Crippen LogP contribution in [0.25, 0.3) is 16.9 Å². The minimum atomic E-state index is -1.27. The Morgan fingerprint density at radius 3 is 2.58 bits per heavy atom. The van der Waals surface area contributed by atoms with Crippen molar-refractivity contribution in [3.63, 3.8) is 0 Å². The highest BCUT2D eigenvalue weighted by Gasteiger charge is 2.41. The van der Waals surface area contributed by atoms with Gasteiger partial charge in [-0.25, -0.2) is 13.9 Å². The van der Waals surface area contributed by atoms with Crippen LogP contribution in [0.4, 0.5) is 4.39 Å². The zero-order valence-electron chi connectivity index (χ0n) is 17.8. The third kappa shape index (κ3) is 3.65. The van der Waals surface area contributed by atoms with E-state index >= 15 is 0 Å². The van der Waals surface area contributed by atoms with E-state index in [4.69, 9.17) is 0 Å². The number of aromatic nitrogens is 3. The van der Waals surface area contributed by atoms with E-state index in [0.29, 0.717) is 35.6 Å². The minimum Gasteiger partial charge on any atom is -0.386 e. The number of benzene rings is 1. The van der Waals surface area contributed by atoms with E-state index in [1.807, 2.05) is 0 Å². The van der Waals surface area contributed by atoms with Crippen molar-refractivity contribution in [2.45, 2.75) is 38.8 Å². The molecule has 0 atom stereocenters. The minimum absolute atomic E-state index is 0.122. The molecule has 3 heterocycles. The molecule has 0 bridgehead atoms. The molecule has 31 heavy (non-hydrogen) atoms. The predicted octanol–water partition coefficient (Wildman–Crippen LogP) is 2.11. The van der Waals surface area contributed by atoms with Crippen LogP contribution in [0, 0.1) is 5.82 Å². The molecule has 1 aliphatic rings. The summed E-state index contributed by atoms with van der Waals surface area (Å²) in [6, 6.07) is 7.53. The van der Waals surface area contributed by atoms with E-state index < -0.39 is 17.0 Å². The van der Waals surface area contributed by atoms with Crippen molar-refractivity contribution in [1.29, 1.82) is 0 Å². The molecule has 8 nitrogen and oxygen atoms in total. The Labute approximate surface area is 178 Å². The molecule has 0 radical (unpaired) electrons. The number of carbonyl (C=O) groups excluding carboxylic acids is 2. The molecule has 1 aliphatic heterocycles. The first-order valence-corrected chi connectivity index (χ1v) is 9.98. The summed E-state index contributed by atoms with van der Waals surface area (Å²) >= 11 is 0. The van der Waals surface area contributed by atoms with E-state index in [2.05, 4.69) is 15.4 Å². The standard InChI is InChI=1S/C22H24FN5O3/c1-21(2)20(30)24-9-10-27(21)19(29)17-12-28-18(25-17)15(22(3,4)31)11-16(26-28)13-5-7-14(23)8-6-13/h5-8,11-12,31H,9-10H2,1-4H3,(H,24,30). The first-order chi connectivity index (χ1) is 14.5. The SMILES string of the molecule is CC(C)(O)c1cc(-c2ccc(F)cc2)nn2cc(C(=O)N3CCNC(=O)C3(C)C)nc12. The van der Waals surface area contributed by atoms with Gasteiger partial charge in [-0.15, -0.1) is 0 Å². The molecule has 9 heteroatoms. The zero-order valence-corrected chi connectivity index (χ0v) is 17.8. The van der Waals surface area contributed by atoms with Gasteiger partial charge in [0.05, 0.1) is 17.5 Å². The van der Waals surface area contributed by atoms with Crippen molar-refractivity contribution in [3.05, 3.63) is 53.6 Å². The Hall–Kier alpha value is -3.33. The number of amides is 2. The van der Waals surface area contributed by atoms with Crippen molar-refractivity contribution < 1.29 is 19.1 Å². The van der Waals surface area contributed by atoms with Gasteiger partial charge in [0.25, 0.3) is 5.91 Å². The quantitative estimate of drug-likeness (QED) is 0.670. The van der Waals surface area contributed by atoms with Crippen LogP contribution in [-0.2, 0) is 10.4 Å². The van der Waals surface area contributed by atoms with Crippen molar-refractivity contribution in [1.82, 2.24) is 24.8 Å². The second-order valence-corrected chi connectivity index (χ2v) is 8.68. The zero-order chi connectivity index (χ0) is 22.6. The number of nitrogens with one attached hydrogen (secondary N) is 1. The van der Waals surface area contributed by atoms with E-state index in [1.165, 1.54) is 27.7 Å². The van der Waals surface area contributed by atoms with E-state index in [9.17, 15) is 19.1 Å². The fourth-order valence-electron chi connectivity index (χ4n) is 3.69. The molecule has 2 aromatic heterocycles. The lowest BCUT2D eigenvalue weighted by atomic mass is 9.98. The number of hydrogen-bond donors (Lipinski definition) is 2. The Morgan fingerprint density at radius 2 is 1.94 bits per heavy atom. The molecule has 0 spiro atoms. The molecule has 0 saturated carbocycles. The molecule has 2 N–H and O–H groups in total. The number of piperazine rings is 1. The molecule has 0 aliphatic carbocycles. The van der Waals surface area contributed by atoms with Crippen LogP contribution in [0.2, 0.25) is 0 Å². The number of halogens is 1. The van der Waals surface area contributed by atoms with Gasteiger partial charge in [-0.3, -0.25) is 9.59 Å². The molecule has 162 valence electrons. The number of hydrogen-bond acceptors (Lipinski definition) is 5. The highest BCUT2D eigenvalue weighted by molar-refractivity contribution is 5.99. The lowest BCUT2D eigenvalue weighted by Crippen LogP contribution is -2.63. The summed E-state index contributed by atoms with van der Waals surface area (Å²) in [4.78, 5) is 31.4. The van der Waals surface area contributed by atoms with Crippen LogP contribution in [-0.4, -0.2) is 55.0 Å². The molecular weight excluding hydrogens is 401 g/mol. The smallest absolute Gasteiger partial charge is 0.275 e. The second-order valence-electron chi connectivity index (χ2n) is 8.68. The highest BCUT2D eigenvalue weighted by atomic mass is 19.1. The molecule has 2 amide bonds. The number of aliphatic hydroxyl groups is 1. The summed E-state index contributed by atoms with van der Waals surface area (Å²) in [5, 5.41) is 18.0. The fraction of sp³-hybridized carbons (Fsp3) is 0.364. The van der Waals surface area contributed by atoms with Crippen molar-refractivity contribution in [3.8, 4) is 11.3 Å². The summed E-state index contributed by atoms with van der Waals surface area (Å²) < 4.78 is 14.8. The topological polar surface area (TPSA) is 99.8 Å². The number of imidazole rings is 1. The first-order valence-electron chi connectivity index (χ1n) is 9.98. The highest BCUT2D eigenvalue weighted by Crippen LogP contribution is 2.29. The number of fused-ring (bicyclic) bond motifs is 1. The second kappa shape index (κ2) is 7.12. The van der Waals surface area contributed by atoms with Crippen molar-refractivity contribution in [2.75, 3.05) is 13.1 Å². The molecule has 1 aromatic carbocycles. The van der Waals surface area contributed by atoms with Gasteiger partial charge in [-0.05, 0) is 58.0 Å². The van der Waals surface area contributed by atoms with Gasteiger partial charge in [0.1, 0.15) is 17.1 Å². The third-order valence-electron chi connectivity index (χ3n) is 5.54. The predicted molar refractivity (Wildman–Crippen MR) is 112 cm³/mol. The Bertz CT molecular complexity index is 1180. The largest absolute Gasteiger partial charge is 0.386 e. The molecule has 1 fully saturated rings. The van der Waals surface area contributed by atoms with E-state index in [1.54, 1.807) is 45.9 Å². The van der Waals surface area contributed by atoms with Crippen LogP contribution in [0.1, 0.15) is 43.7 Å². The molecule has 0 unspecified atom stereocenters. The summed E-state index contributed by atoms with van der Waals surface area (Å²) in [6.45, 7) is 7.32. The lowest BCUT2D eigenvalue weighted by molar-refractivity contribution is -0.133. The number of carbonyl (C=O) groups is 2. The fourth-order valence-corrected chi connectivity index (χ4v) is 3.69. The van der Waals surface area contributed by atoms with Gasteiger partial charge in [0.2, 0.25) is 5.91 Å². The normalized spacial score (nSPS) is 16.5. The van der Waals surface area contributed by atoms with E-state index in [-0.39, 0.29) is 17.4 Å². The van der Waals surface area contributed by atoms with Crippen LogP contribution in [0.3, 0.4) is 0 Å². The Balaban J connectivity index is 1.83. The van der Waals surface area contributed by atoms with Gasteiger partial charge in [0, 0.05) is 24.2 Å². The number of rotatable bonds is 3. The van der Waals surface area contributed by atoms with Gasteiger partial charge in [-0.2, -0.15) is 5.10 Å². The maximum atomic E-state index is 13.3. The van der Waals surface area contributed by atoms with Crippen molar-refractivity contribution >= 4 is 17.5 Å². The Kier molecular flexibility index (Phi) is 4.81. The van der Waals surface area contributed by atoms with Gasteiger partial charge in [0.15, 0.2) is 5.65 Å². The Morgan fingerprint density at radius 1 is 1.26 bits per heavy atom. The summed E-state index contributed by atoms with van der Waals surface area (Å²) in [5.41, 5.74) is -0.205. The third-order valence-corrected chi connectivity index (χ3v) is 5.54. The van der Waals surface area contributed by atoms with Crippen LogP contribution in [0.5, 0.6) is 0 Å². The monoisotopic (exact) mass is 425 g/mol. The van der Waals surface area contributed by atoms with Gasteiger partial charge >= 0.3 is 0 Å². The average molecular weight is 425 g/mol. The van der Waals surface area contributed by atoms with Crippen molar-refractivity contribution in [2.24, 2.45) is 0 Å². The van der Waals surface area contributed by atoms with Gasteiger partial charge in [-0.1, -0.05) is 0 Å². The molecule has 4 rings (SSSR count). The van der Waals surface area contributed by atoms with E-state index in [0.717, 1.165) is 0 Å². The van der Waals surface area contributed by atoms with Crippen LogP contribution >= 0.6 is 0 Å². The molecular formula is C22H24FN5O3. The van der Waals surface area contributed by atoms with Gasteiger partial charge < -0.3 is 15.3 Å². The van der Waals surface area contributed by atoms with Crippen LogP contribution < -0.4 is 5.32 Å².